The van der Waals surface area contributed by atoms with Crippen molar-refractivity contribution < 1.29 is 17.6 Å². The van der Waals surface area contributed by atoms with Gasteiger partial charge in [0.05, 0.1) is 6.54 Å². The highest BCUT2D eigenvalue weighted by Crippen LogP contribution is 2.24. The van der Waals surface area contributed by atoms with Crippen LogP contribution in [0.3, 0.4) is 0 Å². The summed E-state index contributed by atoms with van der Waals surface area (Å²) in [6.07, 6.45) is 3.67. The average Bonchev–Trinajstić information content (AvgIpc) is 3.51. The van der Waals surface area contributed by atoms with Crippen molar-refractivity contribution in [3.63, 3.8) is 0 Å². The zero-order chi connectivity index (χ0) is 22.6. The molecule has 0 bridgehead atoms. The molecular weight excluding hydrogens is 428 g/mol. The summed E-state index contributed by atoms with van der Waals surface area (Å²) in [6, 6.07) is 20.5. The van der Waals surface area contributed by atoms with Crippen LogP contribution < -0.4 is 10.0 Å². The van der Waals surface area contributed by atoms with Crippen LogP contribution in [-0.4, -0.2) is 31.2 Å². The Morgan fingerprint density at radius 3 is 2.53 bits per heavy atom. The number of aromatic nitrogens is 2. The van der Waals surface area contributed by atoms with Crippen LogP contribution in [-0.2, 0) is 23.1 Å². The van der Waals surface area contributed by atoms with Crippen molar-refractivity contribution >= 4 is 15.9 Å². The van der Waals surface area contributed by atoms with Crippen molar-refractivity contribution in [2.24, 2.45) is 0 Å². The van der Waals surface area contributed by atoms with E-state index in [1.54, 1.807) is 6.20 Å². The smallest absolute Gasteiger partial charge is 0.287 e. The van der Waals surface area contributed by atoms with Crippen molar-refractivity contribution in [2.45, 2.75) is 18.2 Å². The predicted molar refractivity (Wildman–Crippen MR) is 119 cm³/mol. The molecule has 1 amide bonds. The summed E-state index contributed by atoms with van der Waals surface area (Å²) in [5.41, 5.74) is 4.08. The van der Waals surface area contributed by atoms with Crippen molar-refractivity contribution in [2.75, 3.05) is 7.05 Å². The Morgan fingerprint density at radius 1 is 1.03 bits per heavy atom. The Labute approximate surface area is 185 Å². The van der Waals surface area contributed by atoms with E-state index < -0.39 is 15.9 Å². The van der Waals surface area contributed by atoms with Gasteiger partial charge in [-0.2, -0.15) is 5.10 Å². The van der Waals surface area contributed by atoms with Gasteiger partial charge in [0, 0.05) is 18.9 Å². The molecule has 2 heterocycles. The summed E-state index contributed by atoms with van der Waals surface area (Å²) < 4.78 is 32.8. The van der Waals surface area contributed by atoms with Gasteiger partial charge in [0.1, 0.15) is 0 Å². The van der Waals surface area contributed by atoms with Gasteiger partial charge in [-0.15, -0.1) is 0 Å². The van der Waals surface area contributed by atoms with Gasteiger partial charge < -0.3 is 9.73 Å². The third-order valence-corrected chi connectivity index (χ3v) is 6.25. The number of amides is 1. The highest BCUT2D eigenvalue weighted by atomic mass is 32.2. The fourth-order valence-electron chi connectivity index (χ4n) is 3.28. The van der Waals surface area contributed by atoms with Crippen molar-refractivity contribution in [3.8, 4) is 11.1 Å². The number of nitrogens with one attached hydrogen (secondary N) is 2. The van der Waals surface area contributed by atoms with Gasteiger partial charge in [0.15, 0.2) is 5.76 Å². The number of hydrogen-bond donors (Lipinski definition) is 2. The number of furan rings is 1. The lowest BCUT2D eigenvalue weighted by Crippen LogP contribution is -2.23. The first kappa shape index (κ1) is 21.5. The summed E-state index contributed by atoms with van der Waals surface area (Å²) in [5.74, 6) is -0.564. The SMILES string of the molecule is CNS(=O)(=O)c1ccc(C(=O)NCc2ccccc2-c2ccc(Cn3cccn3)cc2)o1. The van der Waals surface area contributed by atoms with Crippen molar-refractivity contribution in [1.82, 2.24) is 19.8 Å². The first-order valence-corrected chi connectivity index (χ1v) is 11.4. The molecule has 4 rings (SSSR count). The van der Waals surface area contributed by atoms with E-state index in [1.807, 2.05) is 53.3 Å². The van der Waals surface area contributed by atoms with E-state index in [2.05, 4.69) is 27.3 Å². The van der Waals surface area contributed by atoms with Gasteiger partial charge in [-0.25, -0.2) is 13.1 Å². The summed E-state index contributed by atoms with van der Waals surface area (Å²) in [4.78, 5) is 12.5. The van der Waals surface area contributed by atoms with Crippen molar-refractivity contribution in [3.05, 3.63) is 96.0 Å². The molecule has 0 saturated heterocycles. The van der Waals surface area contributed by atoms with E-state index in [1.165, 1.54) is 19.2 Å². The van der Waals surface area contributed by atoms with E-state index >= 15 is 0 Å². The summed E-state index contributed by atoms with van der Waals surface area (Å²) in [7, 11) is -2.47. The Kier molecular flexibility index (Phi) is 6.20. The Balaban J connectivity index is 1.46. The van der Waals surface area contributed by atoms with Gasteiger partial charge in [0.2, 0.25) is 5.09 Å². The predicted octanol–water partition coefficient (Wildman–Crippen LogP) is 3.03. The largest absolute Gasteiger partial charge is 0.438 e. The molecule has 0 unspecified atom stereocenters. The quantitative estimate of drug-likeness (QED) is 0.429. The molecule has 2 aromatic heterocycles. The van der Waals surface area contributed by atoms with E-state index in [0.29, 0.717) is 6.54 Å². The molecule has 0 radical (unpaired) electrons. The monoisotopic (exact) mass is 450 g/mol. The minimum absolute atomic E-state index is 0.0701. The molecular formula is C23H22N4O4S. The van der Waals surface area contributed by atoms with Gasteiger partial charge in [-0.3, -0.25) is 9.48 Å². The van der Waals surface area contributed by atoms with E-state index in [4.69, 9.17) is 4.42 Å². The van der Waals surface area contributed by atoms with Crippen LogP contribution >= 0.6 is 0 Å². The van der Waals surface area contributed by atoms with Crippen molar-refractivity contribution in [1.29, 1.82) is 0 Å². The fourth-order valence-corrected chi connectivity index (χ4v) is 3.92. The minimum Gasteiger partial charge on any atom is -0.438 e. The summed E-state index contributed by atoms with van der Waals surface area (Å²) >= 11 is 0. The van der Waals surface area contributed by atoms with Gasteiger partial charge in [0.25, 0.3) is 15.9 Å². The molecule has 4 aromatic rings. The van der Waals surface area contributed by atoms with Crippen LogP contribution in [0.2, 0.25) is 0 Å². The van der Waals surface area contributed by atoms with E-state index in [9.17, 15) is 13.2 Å². The maximum Gasteiger partial charge on any atom is 0.287 e. The number of rotatable bonds is 8. The van der Waals surface area contributed by atoms with Crippen LogP contribution in [0, 0.1) is 0 Å². The standard InChI is InChI=1S/C23H22N4O4S/c1-24-32(29,30)22-12-11-21(31-22)23(28)25-15-19-5-2-3-6-20(19)18-9-7-17(8-10-18)16-27-14-4-13-26-27/h2-14,24H,15-16H2,1H3,(H,25,28). The number of nitrogens with zero attached hydrogens (tertiary/aromatic N) is 2. The lowest BCUT2D eigenvalue weighted by Gasteiger charge is -2.11. The van der Waals surface area contributed by atoms with E-state index in [-0.39, 0.29) is 17.4 Å². The number of carbonyl (C=O) groups is 1. The molecule has 0 spiro atoms. The number of hydrogen-bond acceptors (Lipinski definition) is 5. The molecule has 0 fully saturated rings. The first-order chi connectivity index (χ1) is 15.5. The topological polar surface area (TPSA) is 106 Å². The second-order valence-corrected chi connectivity index (χ2v) is 8.88. The second kappa shape index (κ2) is 9.21. The lowest BCUT2D eigenvalue weighted by atomic mass is 9.98. The lowest BCUT2D eigenvalue weighted by molar-refractivity contribution is 0.0918. The Morgan fingerprint density at radius 2 is 1.81 bits per heavy atom. The maximum atomic E-state index is 12.5. The number of benzene rings is 2. The molecule has 0 aliphatic carbocycles. The molecule has 32 heavy (non-hydrogen) atoms. The summed E-state index contributed by atoms with van der Waals surface area (Å²) in [5, 5.41) is 6.71. The molecule has 164 valence electrons. The van der Waals surface area contributed by atoms with Crippen LogP contribution in [0.5, 0.6) is 0 Å². The second-order valence-electron chi connectivity index (χ2n) is 7.07. The van der Waals surface area contributed by atoms with Gasteiger partial charge >= 0.3 is 0 Å². The fraction of sp³-hybridized carbons (Fsp3) is 0.130. The molecule has 0 atom stereocenters. The summed E-state index contributed by atoms with van der Waals surface area (Å²) in [6.45, 7) is 0.957. The number of carbonyl (C=O) groups excluding carboxylic acids is 1. The zero-order valence-electron chi connectivity index (χ0n) is 17.4. The zero-order valence-corrected chi connectivity index (χ0v) is 18.2. The molecule has 9 heteroatoms. The maximum absolute atomic E-state index is 12.5. The van der Waals surface area contributed by atoms with Gasteiger partial charge in [-0.1, -0.05) is 48.5 Å². The Hall–Kier alpha value is -3.69. The Bertz CT molecular complexity index is 1310. The average molecular weight is 451 g/mol. The molecule has 2 aromatic carbocycles. The normalized spacial score (nSPS) is 11.4. The molecule has 2 N–H and O–H groups in total. The van der Waals surface area contributed by atoms with Crippen LogP contribution in [0.15, 0.2) is 88.6 Å². The molecule has 8 nitrogen and oxygen atoms in total. The molecule has 0 aliphatic heterocycles. The minimum atomic E-state index is -3.74. The van der Waals surface area contributed by atoms with E-state index in [0.717, 1.165) is 22.3 Å². The third kappa shape index (κ3) is 4.79. The van der Waals surface area contributed by atoms with Crippen LogP contribution in [0.25, 0.3) is 11.1 Å². The highest BCUT2D eigenvalue weighted by Gasteiger charge is 2.19. The first-order valence-electron chi connectivity index (χ1n) is 9.92. The molecule has 0 saturated carbocycles. The van der Waals surface area contributed by atoms with Crippen LogP contribution in [0.1, 0.15) is 21.7 Å². The third-order valence-electron chi connectivity index (χ3n) is 4.96. The molecule has 0 aliphatic rings. The van der Waals surface area contributed by atoms with Gasteiger partial charge in [-0.05, 0) is 47.5 Å². The van der Waals surface area contributed by atoms with Crippen LogP contribution in [0.4, 0.5) is 0 Å². The highest BCUT2D eigenvalue weighted by molar-refractivity contribution is 7.89. The number of sulfonamides is 1.